The van der Waals surface area contributed by atoms with Crippen molar-refractivity contribution >= 4 is 32.7 Å². The van der Waals surface area contributed by atoms with Crippen molar-refractivity contribution in [1.82, 2.24) is 9.97 Å². The molecule has 2 aromatic heterocycles. The number of furan rings is 1. The molecule has 0 atom stereocenters. The van der Waals surface area contributed by atoms with Gasteiger partial charge >= 0.3 is 0 Å². The summed E-state index contributed by atoms with van der Waals surface area (Å²) < 4.78 is 6.29. The average Bonchev–Trinajstić information content (AvgIpc) is 3.75. The predicted octanol–water partition coefficient (Wildman–Crippen LogP) is 13.3. The van der Waals surface area contributed by atoms with Gasteiger partial charge in [0.05, 0.1) is 23.0 Å². The van der Waals surface area contributed by atoms with Gasteiger partial charge in [-0.1, -0.05) is 116 Å². The van der Waals surface area contributed by atoms with Crippen LogP contribution in [-0.2, 0) is 5.41 Å². The Morgan fingerprint density at radius 3 is 2.02 bits per heavy atom. The van der Waals surface area contributed by atoms with Crippen molar-refractivity contribution in [2.75, 3.05) is 0 Å². The topological polar surface area (TPSA) is 62.7 Å². The van der Waals surface area contributed by atoms with E-state index in [1.807, 2.05) is 24.3 Å². The molecule has 4 nitrogen and oxygen atoms in total. The normalized spacial score (nSPS) is 14.3. The Kier molecular flexibility index (Phi) is 7.12. The van der Waals surface area contributed by atoms with Gasteiger partial charge in [0.2, 0.25) is 0 Å². The summed E-state index contributed by atoms with van der Waals surface area (Å²) >= 11 is 0. The molecule has 2 heterocycles. The van der Waals surface area contributed by atoms with Crippen LogP contribution in [0, 0.1) is 11.3 Å². The van der Waals surface area contributed by atoms with Crippen LogP contribution in [0.1, 0.15) is 48.8 Å². The zero-order valence-corrected chi connectivity index (χ0v) is 30.2. The first-order valence-corrected chi connectivity index (χ1v) is 19.2. The molecule has 1 spiro atoms. The van der Waals surface area contributed by atoms with Gasteiger partial charge in [-0.25, -0.2) is 9.97 Å². The molecule has 0 N–H and O–H groups in total. The molecular formula is C51H35N3O. The minimum absolute atomic E-state index is 0.0410. The number of benzene rings is 7. The van der Waals surface area contributed by atoms with Gasteiger partial charge in [-0.15, -0.1) is 0 Å². The summed E-state index contributed by atoms with van der Waals surface area (Å²) in [5, 5.41) is 14.3. The second-order valence-corrected chi connectivity index (χ2v) is 15.2. The molecule has 55 heavy (non-hydrogen) atoms. The van der Waals surface area contributed by atoms with Crippen molar-refractivity contribution in [3.8, 4) is 62.2 Å². The third kappa shape index (κ3) is 5.12. The van der Waals surface area contributed by atoms with Crippen molar-refractivity contribution in [3.05, 3.63) is 168 Å². The molecule has 0 unspecified atom stereocenters. The molecule has 2 aliphatic rings. The molecule has 4 heteroatoms. The zero-order chi connectivity index (χ0) is 36.5. The predicted molar refractivity (Wildman–Crippen MR) is 223 cm³/mol. The van der Waals surface area contributed by atoms with Crippen LogP contribution in [-0.4, -0.2) is 9.97 Å². The lowest BCUT2D eigenvalue weighted by molar-refractivity contribution is 0.353. The smallest absolute Gasteiger partial charge is 0.160 e. The fourth-order valence-electron chi connectivity index (χ4n) is 9.38. The van der Waals surface area contributed by atoms with E-state index in [-0.39, 0.29) is 5.41 Å². The van der Waals surface area contributed by atoms with E-state index >= 15 is 0 Å². The summed E-state index contributed by atoms with van der Waals surface area (Å²) in [6.07, 6.45) is 5.90. The standard InChI is InChI=1S/C51H35N3O/c52-31-32-15-20-40-41-21-18-36(28-45(41)51(44(40)25-32)23-6-1-7-24-51)35-11-8-12-37(27-35)46-30-47(38-17-16-33-9-2-3-10-34(33)26-38)54-50(53-46)39-19-22-43-42-13-4-5-14-48(42)55-49(43)29-39/h2-5,8-22,25-30H,1,6-7,23-24H2. The number of hydrogen-bond acceptors (Lipinski definition) is 4. The fraction of sp³-hybridized carbons (Fsp3) is 0.118. The summed E-state index contributed by atoms with van der Waals surface area (Å²) in [5.74, 6) is 0.652. The number of rotatable bonds is 4. The molecule has 2 aliphatic carbocycles. The molecule has 1 saturated carbocycles. The van der Waals surface area contributed by atoms with Crippen LogP contribution >= 0.6 is 0 Å². The van der Waals surface area contributed by atoms with Crippen molar-refractivity contribution < 1.29 is 4.42 Å². The minimum atomic E-state index is -0.0410. The summed E-state index contributed by atoms with van der Waals surface area (Å²) in [4.78, 5) is 10.4. The number of aromatic nitrogens is 2. The van der Waals surface area contributed by atoms with Crippen molar-refractivity contribution in [1.29, 1.82) is 5.26 Å². The van der Waals surface area contributed by atoms with Gasteiger partial charge in [0.15, 0.2) is 5.82 Å². The first-order valence-electron chi connectivity index (χ1n) is 19.2. The maximum absolute atomic E-state index is 9.80. The van der Waals surface area contributed by atoms with Crippen LogP contribution < -0.4 is 0 Å². The number of nitrogens with zero attached hydrogens (tertiary/aromatic N) is 3. The average molecular weight is 706 g/mol. The third-order valence-electron chi connectivity index (χ3n) is 12.1. The quantitative estimate of drug-likeness (QED) is 0.183. The SMILES string of the molecule is N#Cc1ccc2c(c1)C1(CCCCC1)c1cc(-c3cccc(-c4cc(-c5ccc6ccccc6c5)nc(-c5ccc6c(c5)oc5ccccc56)n4)c3)ccc1-2. The highest BCUT2D eigenvalue weighted by molar-refractivity contribution is 6.05. The molecule has 7 aromatic carbocycles. The van der Waals surface area contributed by atoms with E-state index in [1.165, 1.54) is 57.9 Å². The first kappa shape index (κ1) is 31.7. The molecule has 260 valence electrons. The van der Waals surface area contributed by atoms with Crippen LogP contribution in [0.5, 0.6) is 0 Å². The molecule has 9 aromatic rings. The van der Waals surface area contributed by atoms with E-state index in [0.717, 1.165) is 74.0 Å². The summed E-state index contributed by atoms with van der Waals surface area (Å²) in [5.41, 5.74) is 14.8. The van der Waals surface area contributed by atoms with Gasteiger partial charge in [-0.3, -0.25) is 0 Å². The monoisotopic (exact) mass is 705 g/mol. The van der Waals surface area contributed by atoms with Crippen molar-refractivity contribution in [3.63, 3.8) is 0 Å². The molecule has 0 radical (unpaired) electrons. The van der Waals surface area contributed by atoms with Gasteiger partial charge in [-0.2, -0.15) is 5.26 Å². The second kappa shape index (κ2) is 12.4. The summed E-state index contributed by atoms with van der Waals surface area (Å²) in [6.45, 7) is 0. The van der Waals surface area contributed by atoms with Crippen LogP contribution in [0.4, 0.5) is 0 Å². The van der Waals surface area contributed by atoms with E-state index in [4.69, 9.17) is 14.4 Å². The highest BCUT2D eigenvalue weighted by atomic mass is 16.3. The lowest BCUT2D eigenvalue weighted by Gasteiger charge is -2.36. The lowest BCUT2D eigenvalue weighted by Crippen LogP contribution is -2.28. The Hall–Kier alpha value is -6.83. The number of para-hydroxylation sites is 1. The van der Waals surface area contributed by atoms with E-state index in [0.29, 0.717) is 5.82 Å². The van der Waals surface area contributed by atoms with Crippen LogP contribution in [0.2, 0.25) is 0 Å². The number of nitriles is 1. The van der Waals surface area contributed by atoms with E-state index in [2.05, 4.69) is 133 Å². The molecule has 0 bridgehead atoms. The summed E-state index contributed by atoms with van der Waals surface area (Å²) in [6, 6.07) is 56.0. The maximum Gasteiger partial charge on any atom is 0.160 e. The van der Waals surface area contributed by atoms with E-state index in [1.54, 1.807) is 0 Å². The fourth-order valence-corrected chi connectivity index (χ4v) is 9.38. The molecular weight excluding hydrogens is 671 g/mol. The van der Waals surface area contributed by atoms with E-state index in [9.17, 15) is 5.26 Å². The van der Waals surface area contributed by atoms with Gasteiger partial charge in [0.1, 0.15) is 11.2 Å². The van der Waals surface area contributed by atoms with Gasteiger partial charge in [-0.05, 0) is 112 Å². The lowest BCUT2D eigenvalue weighted by atomic mass is 9.67. The molecule has 0 saturated heterocycles. The molecule has 0 aliphatic heterocycles. The van der Waals surface area contributed by atoms with Crippen LogP contribution in [0.3, 0.4) is 0 Å². The molecule has 11 rings (SSSR count). The van der Waals surface area contributed by atoms with E-state index < -0.39 is 0 Å². The number of hydrogen-bond donors (Lipinski definition) is 0. The third-order valence-corrected chi connectivity index (χ3v) is 12.1. The minimum Gasteiger partial charge on any atom is -0.456 e. The van der Waals surface area contributed by atoms with Crippen LogP contribution in [0.25, 0.3) is 88.9 Å². The second-order valence-electron chi connectivity index (χ2n) is 15.2. The molecule has 0 amide bonds. The Morgan fingerprint density at radius 1 is 0.491 bits per heavy atom. The Morgan fingerprint density at radius 2 is 1.16 bits per heavy atom. The van der Waals surface area contributed by atoms with Crippen LogP contribution in [0.15, 0.2) is 156 Å². The Balaban J connectivity index is 1.04. The zero-order valence-electron chi connectivity index (χ0n) is 30.2. The summed E-state index contributed by atoms with van der Waals surface area (Å²) in [7, 11) is 0. The Labute approximate surface area is 319 Å². The highest BCUT2D eigenvalue weighted by Crippen LogP contribution is 2.56. The Bertz CT molecular complexity index is 3050. The van der Waals surface area contributed by atoms with Gasteiger partial charge < -0.3 is 4.42 Å². The van der Waals surface area contributed by atoms with Crippen molar-refractivity contribution in [2.24, 2.45) is 0 Å². The largest absolute Gasteiger partial charge is 0.456 e. The van der Waals surface area contributed by atoms with Crippen molar-refractivity contribution in [2.45, 2.75) is 37.5 Å². The first-order chi connectivity index (χ1) is 27.1. The highest BCUT2D eigenvalue weighted by Gasteiger charge is 2.44. The molecule has 1 fully saturated rings. The van der Waals surface area contributed by atoms with Gasteiger partial charge in [0, 0.05) is 32.9 Å². The number of fused-ring (bicyclic) bond motifs is 9. The van der Waals surface area contributed by atoms with Gasteiger partial charge in [0.25, 0.3) is 0 Å². The maximum atomic E-state index is 9.80.